The van der Waals surface area contributed by atoms with E-state index in [0.29, 0.717) is 17.3 Å². The molecule has 128 valence electrons. The van der Waals surface area contributed by atoms with Crippen molar-refractivity contribution in [1.29, 1.82) is 0 Å². The van der Waals surface area contributed by atoms with Gasteiger partial charge >= 0.3 is 0 Å². The summed E-state index contributed by atoms with van der Waals surface area (Å²) in [5, 5.41) is 11.5. The number of benzene rings is 2. The number of primary sulfonamides is 1. The molecule has 0 atom stereocenters. The fourth-order valence-corrected chi connectivity index (χ4v) is 2.88. The molecule has 5 nitrogen and oxygen atoms in total. The molecule has 0 aliphatic carbocycles. The number of rotatable bonds is 4. The first-order valence-electron chi connectivity index (χ1n) is 7.10. The van der Waals surface area contributed by atoms with Crippen LogP contribution in [-0.2, 0) is 16.6 Å². The van der Waals surface area contributed by atoms with E-state index < -0.39 is 10.0 Å². The minimum atomic E-state index is -3.80. The molecule has 0 spiro atoms. The van der Waals surface area contributed by atoms with Crippen LogP contribution in [0.1, 0.15) is 16.7 Å². The van der Waals surface area contributed by atoms with E-state index in [0.717, 1.165) is 16.7 Å². The molecule has 0 aromatic heterocycles. The van der Waals surface area contributed by atoms with Gasteiger partial charge in [-0.25, -0.2) is 17.9 Å². The average Bonchev–Trinajstić information content (AvgIpc) is 2.50. The molecule has 24 heavy (non-hydrogen) atoms. The van der Waals surface area contributed by atoms with Crippen LogP contribution in [0, 0.1) is 19.7 Å². The van der Waals surface area contributed by atoms with Gasteiger partial charge in [-0.2, -0.15) is 0 Å². The molecule has 2 aromatic rings. The summed E-state index contributed by atoms with van der Waals surface area (Å²) in [6, 6.07) is 9.02. The zero-order valence-electron chi connectivity index (χ0n) is 13.3. The average molecular weight is 367 g/mol. The lowest BCUT2D eigenvalue weighted by Crippen LogP contribution is -2.28. The molecule has 0 aliphatic rings. The second-order valence-corrected chi connectivity index (χ2v) is 7.36. The van der Waals surface area contributed by atoms with Gasteiger partial charge in [0, 0.05) is 12.2 Å². The molecule has 2 rings (SSSR count). The van der Waals surface area contributed by atoms with Crippen LogP contribution in [0.25, 0.3) is 0 Å². The number of anilines is 1. The Balaban J connectivity index is 2.11. The van der Waals surface area contributed by atoms with Crippen LogP contribution in [0.3, 0.4) is 0 Å². The number of aryl methyl sites for hydroxylation is 1. The standard InChI is InChI=1S/C16H18FN3O2S2/c1-10-7-14(24(18,21)22)8-15(11(10)2)20-16(23)19-9-12-3-5-13(17)6-4-12/h3-8H,9H2,1-2H3,(H2,18,21,22)(H2,19,20,23). The van der Waals surface area contributed by atoms with Gasteiger partial charge in [-0.3, -0.25) is 0 Å². The summed E-state index contributed by atoms with van der Waals surface area (Å²) in [4.78, 5) is 0.0226. The second kappa shape index (κ2) is 7.25. The lowest BCUT2D eigenvalue weighted by atomic mass is 10.1. The van der Waals surface area contributed by atoms with Crippen molar-refractivity contribution >= 4 is 33.0 Å². The number of halogens is 1. The molecule has 4 N–H and O–H groups in total. The van der Waals surface area contributed by atoms with E-state index in [-0.39, 0.29) is 10.7 Å². The normalized spacial score (nSPS) is 11.2. The number of hydrogen-bond acceptors (Lipinski definition) is 3. The number of nitrogens with one attached hydrogen (secondary N) is 2. The second-order valence-electron chi connectivity index (χ2n) is 5.39. The molecule has 0 heterocycles. The van der Waals surface area contributed by atoms with Crippen molar-refractivity contribution in [2.75, 3.05) is 5.32 Å². The molecule has 2 aromatic carbocycles. The molecule has 0 saturated heterocycles. The Labute approximate surface area is 146 Å². The summed E-state index contributed by atoms with van der Waals surface area (Å²) in [5.41, 5.74) is 3.08. The summed E-state index contributed by atoms with van der Waals surface area (Å²) in [6.07, 6.45) is 0. The quantitative estimate of drug-likeness (QED) is 0.724. The van der Waals surface area contributed by atoms with E-state index in [1.54, 1.807) is 19.1 Å². The Hall–Kier alpha value is -2.03. The molecule has 0 radical (unpaired) electrons. The lowest BCUT2D eigenvalue weighted by molar-refractivity contribution is 0.597. The highest BCUT2D eigenvalue weighted by atomic mass is 32.2. The molecular weight excluding hydrogens is 349 g/mol. The molecular formula is C16H18FN3O2S2. The van der Waals surface area contributed by atoms with Gasteiger partial charge in [0.1, 0.15) is 5.82 Å². The number of thiocarbonyl (C=S) groups is 1. The maximum absolute atomic E-state index is 12.9. The fourth-order valence-electron chi connectivity index (χ4n) is 2.07. The van der Waals surface area contributed by atoms with Crippen LogP contribution >= 0.6 is 12.2 Å². The zero-order chi connectivity index (χ0) is 17.9. The molecule has 0 unspecified atom stereocenters. The largest absolute Gasteiger partial charge is 0.358 e. The van der Waals surface area contributed by atoms with Gasteiger partial charge in [0.15, 0.2) is 5.11 Å². The summed E-state index contributed by atoms with van der Waals surface area (Å²) in [5.74, 6) is -0.301. The smallest absolute Gasteiger partial charge is 0.238 e. The fraction of sp³-hybridized carbons (Fsp3) is 0.188. The molecule has 8 heteroatoms. The third-order valence-electron chi connectivity index (χ3n) is 3.58. The summed E-state index contributed by atoms with van der Waals surface area (Å²) >= 11 is 5.22. The van der Waals surface area contributed by atoms with Gasteiger partial charge in [-0.1, -0.05) is 12.1 Å². The van der Waals surface area contributed by atoms with Crippen LogP contribution < -0.4 is 15.8 Å². The van der Waals surface area contributed by atoms with Gasteiger partial charge in [-0.05, 0) is 67.0 Å². The molecule has 0 bridgehead atoms. The number of sulfonamides is 1. The first-order valence-corrected chi connectivity index (χ1v) is 9.05. The minimum Gasteiger partial charge on any atom is -0.358 e. The van der Waals surface area contributed by atoms with Gasteiger partial charge in [0.2, 0.25) is 10.0 Å². The van der Waals surface area contributed by atoms with Gasteiger partial charge in [0.25, 0.3) is 0 Å². The Kier molecular flexibility index (Phi) is 5.53. The van der Waals surface area contributed by atoms with Crippen LogP contribution in [0.4, 0.5) is 10.1 Å². The van der Waals surface area contributed by atoms with Gasteiger partial charge < -0.3 is 10.6 Å². The van der Waals surface area contributed by atoms with Crippen molar-refractivity contribution < 1.29 is 12.8 Å². The van der Waals surface area contributed by atoms with Gasteiger partial charge in [0.05, 0.1) is 4.90 Å². The van der Waals surface area contributed by atoms with E-state index in [1.807, 2.05) is 6.92 Å². The first-order chi connectivity index (χ1) is 11.2. The summed E-state index contributed by atoms with van der Waals surface area (Å²) in [7, 11) is -3.80. The maximum Gasteiger partial charge on any atom is 0.238 e. The van der Waals surface area contributed by atoms with E-state index >= 15 is 0 Å². The molecule has 0 amide bonds. The SMILES string of the molecule is Cc1cc(S(N)(=O)=O)cc(NC(=S)NCc2ccc(F)cc2)c1C. The van der Waals surface area contributed by atoms with E-state index in [2.05, 4.69) is 10.6 Å². The van der Waals surface area contributed by atoms with Crippen molar-refractivity contribution in [3.05, 3.63) is 58.9 Å². The highest BCUT2D eigenvalue weighted by molar-refractivity contribution is 7.89. The van der Waals surface area contributed by atoms with E-state index in [4.69, 9.17) is 17.4 Å². The summed E-state index contributed by atoms with van der Waals surface area (Å²) < 4.78 is 36.0. The van der Waals surface area contributed by atoms with Crippen molar-refractivity contribution in [2.45, 2.75) is 25.3 Å². The van der Waals surface area contributed by atoms with Crippen LogP contribution in [0.5, 0.6) is 0 Å². The van der Waals surface area contributed by atoms with E-state index in [9.17, 15) is 12.8 Å². The summed E-state index contributed by atoms with van der Waals surface area (Å²) in [6.45, 7) is 4.07. The number of hydrogen-bond donors (Lipinski definition) is 3. The lowest BCUT2D eigenvalue weighted by Gasteiger charge is -2.15. The number of nitrogens with two attached hydrogens (primary N) is 1. The van der Waals surface area contributed by atoms with Crippen LogP contribution in [-0.4, -0.2) is 13.5 Å². The minimum absolute atomic E-state index is 0.0226. The van der Waals surface area contributed by atoms with Crippen molar-refractivity contribution in [3.8, 4) is 0 Å². The predicted molar refractivity (Wildman–Crippen MR) is 96.7 cm³/mol. The van der Waals surface area contributed by atoms with Gasteiger partial charge in [-0.15, -0.1) is 0 Å². The molecule has 0 saturated carbocycles. The monoisotopic (exact) mass is 367 g/mol. The molecule has 0 fully saturated rings. The third-order valence-corrected chi connectivity index (χ3v) is 4.72. The highest BCUT2D eigenvalue weighted by Crippen LogP contribution is 2.23. The topological polar surface area (TPSA) is 84.2 Å². The third kappa shape index (κ3) is 4.73. The Morgan fingerprint density at radius 3 is 2.42 bits per heavy atom. The van der Waals surface area contributed by atoms with Crippen LogP contribution in [0.2, 0.25) is 0 Å². The highest BCUT2D eigenvalue weighted by Gasteiger charge is 2.13. The maximum atomic E-state index is 12.9. The van der Waals surface area contributed by atoms with E-state index in [1.165, 1.54) is 24.3 Å². The van der Waals surface area contributed by atoms with Crippen LogP contribution in [0.15, 0.2) is 41.3 Å². The Morgan fingerprint density at radius 1 is 1.21 bits per heavy atom. The Bertz CT molecular complexity index is 866. The first kappa shape index (κ1) is 18.3. The zero-order valence-corrected chi connectivity index (χ0v) is 14.9. The Morgan fingerprint density at radius 2 is 1.83 bits per heavy atom. The van der Waals surface area contributed by atoms with Crippen molar-refractivity contribution in [3.63, 3.8) is 0 Å². The predicted octanol–water partition coefficient (Wildman–Crippen LogP) is 2.58. The van der Waals surface area contributed by atoms with Crippen molar-refractivity contribution in [1.82, 2.24) is 5.32 Å². The molecule has 0 aliphatic heterocycles. The van der Waals surface area contributed by atoms with Crippen molar-refractivity contribution in [2.24, 2.45) is 5.14 Å².